The minimum Gasteiger partial charge on any atom is -0.385 e. The average Bonchev–Trinajstić information content (AvgIpc) is 2.94. The van der Waals surface area contributed by atoms with Crippen LogP contribution in [0.3, 0.4) is 0 Å². The molecule has 6 nitrogen and oxygen atoms in total. The molecule has 2 N–H and O–H groups in total. The predicted molar refractivity (Wildman–Crippen MR) is 98.4 cm³/mol. The van der Waals surface area contributed by atoms with Crippen molar-refractivity contribution in [1.29, 1.82) is 0 Å². The van der Waals surface area contributed by atoms with Crippen molar-refractivity contribution in [3.05, 3.63) is 35.7 Å². The van der Waals surface area contributed by atoms with E-state index in [4.69, 9.17) is 0 Å². The van der Waals surface area contributed by atoms with Gasteiger partial charge in [0, 0.05) is 24.5 Å². The molecule has 0 saturated carbocycles. The van der Waals surface area contributed by atoms with Crippen LogP contribution in [0.5, 0.6) is 0 Å². The largest absolute Gasteiger partial charge is 0.385 e. The van der Waals surface area contributed by atoms with Crippen LogP contribution in [-0.2, 0) is 9.84 Å². The molecule has 1 aliphatic carbocycles. The fourth-order valence-corrected chi connectivity index (χ4v) is 5.01. The van der Waals surface area contributed by atoms with Gasteiger partial charge in [-0.1, -0.05) is 11.6 Å². The number of hydrogen-bond acceptors (Lipinski definition) is 5. The molecule has 7 heteroatoms. The zero-order chi connectivity index (χ0) is 17.7. The number of nitrogens with one attached hydrogen (secondary N) is 2. The number of nitrogens with zero attached hydrogens (tertiary/aromatic N) is 1. The van der Waals surface area contributed by atoms with Crippen LogP contribution in [0.2, 0.25) is 0 Å². The molecule has 1 atom stereocenters. The Morgan fingerprint density at radius 3 is 2.92 bits per heavy atom. The number of aromatic nitrogens is 1. The summed E-state index contributed by atoms with van der Waals surface area (Å²) in [5.41, 5.74) is 2.68. The van der Waals surface area contributed by atoms with Gasteiger partial charge in [-0.3, -0.25) is 9.78 Å². The third-order valence-corrected chi connectivity index (χ3v) is 6.49. The van der Waals surface area contributed by atoms with Gasteiger partial charge in [-0.25, -0.2) is 8.42 Å². The van der Waals surface area contributed by atoms with E-state index in [1.807, 2.05) is 6.07 Å². The van der Waals surface area contributed by atoms with Gasteiger partial charge in [0.05, 0.1) is 11.5 Å². The molecule has 25 heavy (non-hydrogen) atoms. The van der Waals surface area contributed by atoms with Crippen LogP contribution in [0.15, 0.2) is 30.0 Å². The van der Waals surface area contributed by atoms with E-state index in [-0.39, 0.29) is 23.5 Å². The van der Waals surface area contributed by atoms with Crippen molar-refractivity contribution in [2.75, 3.05) is 23.4 Å². The van der Waals surface area contributed by atoms with Gasteiger partial charge in [0.1, 0.15) is 5.69 Å². The lowest BCUT2D eigenvalue weighted by molar-refractivity contribution is 0.0936. The Morgan fingerprint density at radius 1 is 1.32 bits per heavy atom. The normalized spacial score (nSPS) is 22.2. The van der Waals surface area contributed by atoms with Crippen molar-refractivity contribution in [3.63, 3.8) is 0 Å². The molecule has 0 spiro atoms. The molecule has 2 heterocycles. The third-order valence-electron chi connectivity index (χ3n) is 4.72. The first-order valence-corrected chi connectivity index (χ1v) is 10.7. The molecule has 1 aliphatic heterocycles. The van der Waals surface area contributed by atoms with E-state index >= 15 is 0 Å². The molecular weight excluding hydrogens is 338 g/mol. The molecule has 1 fully saturated rings. The number of anilines is 1. The highest BCUT2D eigenvalue weighted by molar-refractivity contribution is 7.91. The smallest absolute Gasteiger partial charge is 0.270 e. The second kappa shape index (κ2) is 7.99. The Morgan fingerprint density at radius 2 is 2.20 bits per heavy atom. The number of sulfone groups is 1. The molecule has 0 bridgehead atoms. The summed E-state index contributed by atoms with van der Waals surface area (Å²) in [6.07, 6.45) is 10.4. The van der Waals surface area contributed by atoms with Crippen LogP contribution in [0, 0.1) is 0 Å². The topological polar surface area (TPSA) is 88.2 Å². The Bertz CT molecular complexity index is 759. The quantitative estimate of drug-likeness (QED) is 0.757. The van der Waals surface area contributed by atoms with Crippen LogP contribution < -0.4 is 10.6 Å². The standard InChI is InChI=1S/C18H25N3O3S/c22-18(21-16-8-11-25(23,24)13-16)17-12-15(7-10-20-17)19-9-6-14-4-2-1-3-5-14/h4,7,10,12,16H,1-3,5-6,8-9,11,13H2,(H,19,20)(H,21,22). The van der Waals surface area contributed by atoms with E-state index in [1.54, 1.807) is 12.3 Å². The highest BCUT2D eigenvalue weighted by Crippen LogP contribution is 2.20. The monoisotopic (exact) mass is 363 g/mol. The van der Waals surface area contributed by atoms with Gasteiger partial charge >= 0.3 is 0 Å². The first-order chi connectivity index (χ1) is 12.0. The molecule has 1 aromatic heterocycles. The van der Waals surface area contributed by atoms with Gasteiger partial charge < -0.3 is 10.6 Å². The number of allylic oxidation sites excluding steroid dienone is 1. The van der Waals surface area contributed by atoms with Gasteiger partial charge in [-0.15, -0.1) is 0 Å². The summed E-state index contributed by atoms with van der Waals surface area (Å²) in [7, 11) is -3.01. The van der Waals surface area contributed by atoms with E-state index in [2.05, 4.69) is 21.7 Å². The van der Waals surface area contributed by atoms with Crippen molar-refractivity contribution in [2.45, 2.75) is 44.6 Å². The molecule has 1 amide bonds. The van der Waals surface area contributed by atoms with Crippen LogP contribution in [0.25, 0.3) is 0 Å². The second-order valence-corrected chi connectivity index (χ2v) is 9.02. The number of carbonyl (C=O) groups is 1. The Hall–Kier alpha value is -1.89. The maximum Gasteiger partial charge on any atom is 0.270 e. The molecular formula is C18H25N3O3S. The van der Waals surface area contributed by atoms with E-state index in [0.717, 1.165) is 18.7 Å². The summed E-state index contributed by atoms with van der Waals surface area (Å²) in [4.78, 5) is 16.4. The summed E-state index contributed by atoms with van der Waals surface area (Å²) in [6.45, 7) is 0.831. The molecule has 136 valence electrons. The molecule has 1 aromatic rings. The minimum atomic E-state index is -3.01. The molecule has 0 radical (unpaired) electrons. The zero-order valence-electron chi connectivity index (χ0n) is 14.3. The van der Waals surface area contributed by atoms with E-state index in [9.17, 15) is 13.2 Å². The van der Waals surface area contributed by atoms with Crippen molar-refractivity contribution < 1.29 is 13.2 Å². The lowest BCUT2D eigenvalue weighted by atomic mass is 9.97. The number of hydrogen-bond donors (Lipinski definition) is 2. The van der Waals surface area contributed by atoms with Crippen molar-refractivity contribution in [2.24, 2.45) is 0 Å². The molecule has 1 unspecified atom stereocenters. The van der Waals surface area contributed by atoms with E-state index in [1.165, 1.54) is 31.3 Å². The van der Waals surface area contributed by atoms with Crippen molar-refractivity contribution >= 4 is 21.4 Å². The van der Waals surface area contributed by atoms with E-state index in [0.29, 0.717) is 12.1 Å². The first-order valence-electron chi connectivity index (χ1n) is 8.91. The van der Waals surface area contributed by atoms with Gasteiger partial charge in [-0.2, -0.15) is 0 Å². The fourth-order valence-electron chi connectivity index (χ4n) is 3.33. The van der Waals surface area contributed by atoms with Gasteiger partial charge in [-0.05, 0) is 50.7 Å². The summed E-state index contributed by atoms with van der Waals surface area (Å²) >= 11 is 0. The maximum atomic E-state index is 12.3. The zero-order valence-corrected chi connectivity index (χ0v) is 15.1. The highest BCUT2D eigenvalue weighted by atomic mass is 32.2. The average molecular weight is 363 g/mol. The Balaban J connectivity index is 1.52. The molecule has 2 aliphatic rings. The lowest BCUT2D eigenvalue weighted by Gasteiger charge is -2.14. The first kappa shape index (κ1) is 17.9. The Labute approximate surface area is 149 Å². The Kier molecular flexibility index (Phi) is 5.73. The van der Waals surface area contributed by atoms with E-state index < -0.39 is 9.84 Å². The highest BCUT2D eigenvalue weighted by Gasteiger charge is 2.29. The van der Waals surface area contributed by atoms with Crippen LogP contribution >= 0.6 is 0 Å². The van der Waals surface area contributed by atoms with Gasteiger partial charge in [0.25, 0.3) is 5.91 Å². The summed E-state index contributed by atoms with van der Waals surface area (Å²) in [5, 5.41) is 6.11. The van der Waals surface area contributed by atoms with Crippen molar-refractivity contribution in [3.8, 4) is 0 Å². The fraction of sp³-hybridized carbons (Fsp3) is 0.556. The lowest BCUT2D eigenvalue weighted by Crippen LogP contribution is -2.36. The number of amides is 1. The number of carbonyl (C=O) groups excluding carboxylic acids is 1. The second-order valence-electron chi connectivity index (χ2n) is 6.79. The van der Waals surface area contributed by atoms with Gasteiger partial charge in [0.2, 0.25) is 0 Å². The summed E-state index contributed by atoms with van der Waals surface area (Å²) < 4.78 is 23.0. The minimum absolute atomic E-state index is 0.0196. The molecule has 3 rings (SSSR count). The van der Waals surface area contributed by atoms with Gasteiger partial charge in [0.15, 0.2) is 9.84 Å². The van der Waals surface area contributed by atoms with Crippen molar-refractivity contribution in [1.82, 2.24) is 10.3 Å². The molecule has 0 aromatic carbocycles. The SMILES string of the molecule is O=C(NC1CCS(=O)(=O)C1)c1cc(NCCC2=CCCCC2)ccn1. The third kappa shape index (κ3) is 5.29. The van der Waals surface area contributed by atoms with Crippen LogP contribution in [0.1, 0.15) is 49.0 Å². The maximum absolute atomic E-state index is 12.3. The van der Waals surface area contributed by atoms with Crippen LogP contribution in [-0.4, -0.2) is 43.4 Å². The number of pyridine rings is 1. The summed E-state index contributed by atoms with van der Waals surface area (Å²) in [6, 6.07) is 3.24. The number of rotatable bonds is 6. The molecule has 1 saturated heterocycles. The summed E-state index contributed by atoms with van der Waals surface area (Å²) in [5.74, 6) is -0.157. The van der Waals surface area contributed by atoms with Crippen LogP contribution in [0.4, 0.5) is 5.69 Å². The predicted octanol–water partition coefficient (Wildman–Crippen LogP) is 2.30.